The fourth-order valence-electron chi connectivity index (χ4n) is 2.51. The minimum atomic E-state index is -3.14. The van der Waals surface area contributed by atoms with E-state index < -0.39 is 10.0 Å². The van der Waals surface area contributed by atoms with E-state index in [9.17, 15) is 8.42 Å². The van der Waals surface area contributed by atoms with Crippen molar-refractivity contribution in [1.82, 2.24) is 14.5 Å². The van der Waals surface area contributed by atoms with Crippen LogP contribution in [0.25, 0.3) is 0 Å². The van der Waals surface area contributed by atoms with Crippen LogP contribution in [0, 0.1) is 5.92 Å². The number of rotatable bonds is 5. The summed E-state index contributed by atoms with van der Waals surface area (Å²) in [6.45, 7) is 5.49. The largest absolute Gasteiger partial charge is 0.396 e. The first-order valence-electron chi connectivity index (χ1n) is 6.63. The number of aliphatic hydroxyl groups is 1. The van der Waals surface area contributed by atoms with E-state index in [1.54, 1.807) is 0 Å². The monoisotopic (exact) mass is 277 g/mol. The molecule has 1 atom stereocenters. The van der Waals surface area contributed by atoms with E-state index in [4.69, 9.17) is 5.11 Å². The summed E-state index contributed by atoms with van der Waals surface area (Å²) in [5, 5.41) is 12.3. The molecule has 18 heavy (non-hydrogen) atoms. The van der Waals surface area contributed by atoms with Gasteiger partial charge in [-0.05, 0) is 12.3 Å². The maximum absolute atomic E-state index is 12.1. The molecule has 0 saturated carbocycles. The molecule has 2 heterocycles. The molecule has 2 saturated heterocycles. The van der Waals surface area contributed by atoms with Crippen LogP contribution in [0.4, 0.5) is 0 Å². The van der Waals surface area contributed by atoms with Crippen LogP contribution in [-0.2, 0) is 10.0 Å². The molecule has 0 radical (unpaired) electrons. The molecule has 0 amide bonds. The molecule has 0 bridgehead atoms. The molecule has 2 rings (SSSR count). The molecular weight excluding hydrogens is 254 g/mol. The Morgan fingerprint density at radius 2 is 1.94 bits per heavy atom. The minimum absolute atomic E-state index is 0.0871. The van der Waals surface area contributed by atoms with Crippen LogP contribution in [-0.4, -0.2) is 80.9 Å². The summed E-state index contributed by atoms with van der Waals surface area (Å²) in [4.78, 5) is 2.19. The second kappa shape index (κ2) is 6.29. The van der Waals surface area contributed by atoms with Crippen LogP contribution in [0.5, 0.6) is 0 Å². The molecule has 2 aliphatic rings. The summed E-state index contributed by atoms with van der Waals surface area (Å²) >= 11 is 0. The van der Waals surface area contributed by atoms with Crippen LogP contribution in [0.3, 0.4) is 0 Å². The Balaban J connectivity index is 1.80. The van der Waals surface area contributed by atoms with Crippen molar-refractivity contribution in [2.45, 2.75) is 6.42 Å². The number of hydrogen-bond acceptors (Lipinski definition) is 5. The maximum Gasteiger partial charge on any atom is 0.215 e. The van der Waals surface area contributed by atoms with Crippen LogP contribution in [0.1, 0.15) is 6.42 Å². The Hall–Kier alpha value is -0.210. The lowest BCUT2D eigenvalue weighted by Gasteiger charge is -2.27. The Morgan fingerprint density at radius 1 is 1.22 bits per heavy atom. The summed E-state index contributed by atoms with van der Waals surface area (Å²) in [5.74, 6) is 0.324. The van der Waals surface area contributed by atoms with Crippen LogP contribution in [0.2, 0.25) is 0 Å². The van der Waals surface area contributed by atoms with Crippen molar-refractivity contribution in [3.63, 3.8) is 0 Å². The predicted octanol–water partition coefficient (Wildman–Crippen LogP) is -1.46. The summed E-state index contributed by atoms with van der Waals surface area (Å²) in [6, 6.07) is 0. The minimum Gasteiger partial charge on any atom is -0.396 e. The van der Waals surface area contributed by atoms with Gasteiger partial charge in [0, 0.05) is 52.4 Å². The van der Waals surface area contributed by atoms with Crippen molar-refractivity contribution in [3.05, 3.63) is 0 Å². The van der Waals surface area contributed by atoms with Crippen molar-refractivity contribution >= 4 is 10.0 Å². The molecule has 0 spiro atoms. The lowest BCUT2D eigenvalue weighted by atomic mass is 10.1. The van der Waals surface area contributed by atoms with Gasteiger partial charge in [0.05, 0.1) is 5.75 Å². The van der Waals surface area contributed by atoms with Crippen molar-refractivity contribution in [2.24, 2.45) is 5.92 Å². The van der Waals surface area contributed by atoms with E-state index in [2.05, 4.69) is 10.2 Å². The molecule has 0 aromatic heterocycles. The highest BCUT2D eigenvalue weighted by atomic mass is 32.2. The fourth-order valence-corrected chi connectivity index (χ4v) is 4.08. The zero-order valence-electron chi connectivity index (χ0n) is 10.7. The number of hydrogen-bond donors (Lipinski definition) is 2. The highest BCUT2D eigenvalue weighted by Crippen LogP contribution is 2.19. The summed E-state index contributed by atoms with van der Waals surface area (Å²) < 4.78 is 25.8. The van der Waals surface area contributed by atoms with Gasteiger partial charge >= 0.3 is 0 Å². The van der Waals surface area contributed by atoms with Gasteiger partial charge < -0.3 is 10.4 Å². The van der Waals surface area contributed by atoms with Gasteiger partial charge in [-0.15, -0.1) is 0 Å². The lowest BCUT2D eigenvalue weighted by Crippen LogP contribution is -2.46. The van der Waals surface area contributed by atoms with E-state index in [-0.39, 0.29) is 18.3 Å². The summed E-state index contributed by atoms with van der Waals surface area (Å²) in [7, 11) is -3.14. The number of sulfonamides is 1. The molecule has 106 valence electrons. The highest BCUT2D eigenvalue weighted by Gasteiger charge is 2.31. The van der Waals surface area contributed by atoms with Crippen molar-refractivity contribution in [2.75, 3.05) is 58.2 Å². The maximum atomic E-state index is 12.1. The van der Waals surface area contributed by atoms with Gasteiger partial charge in [-0.25, -0.2) is 12.7 Å². The van der Waals surface area contributed by atoms with Crippen molar-refractivity contribution < 1.29 is 13.5 Å². The van der Waals surface area contributed by atoms with Gasteiger partial charge in [-0.1, -0.05) is 0 Å². The number of aliphatic hydroxyl groups excluding tert-OH is 1. The van der Waals surface area contributed by atoms with Gasteiger partial charge in [0.1, 0.15) is 0 Å². The van der Waals surface area contributed by atoms with E-state index in [1.807, 2.05) is 0 Å². The number of nitrogens with one attached hydrogen (secondary N) is 1. The normalized spacial score (nSPS) is 27.7. The average molecular weight is 277 g/mol. The van der Waals surface area contributed by atoms with Gasteiger partial charge in [0.25, 0.3) is 0 Å². The molecule has 2 fully saturated rings. The van der Waals surface area contributed by atoms with E-state index in [0.717, 1.165) is 32.6 Å². The van der Waals surface area contributed by atoms with E-state index in [1.165, 1.54) is 4.31 Å². The van der Waals surface area contributed by atoms with Gasteiger partial charge in [-0.2, -0.15) is 0 Å². The second-order valence-electron chi connectivity index (χ2n) is 5.10. The molecule has 2 aliphatic heterocycles. The summed E-state index contributed by atoms with van der Waals surface area (Å²) in [5.41, 5.74) is 0. The predicted molar refractivity (Wildman–Crippen MR) is 69.9 cm³/mol. The molecule has 7 heteroatoms. The number of nitrogens with zero attached hydrogens (tertiary/aromatic N) is 2. The Labute approximate surface area is 109 Å². The lowest BCUT2D eigenvalue weighted by molar-refractivity contribution is 0.232. The zero-order valence-corrected chi connectivity index (χ0v) is 11.5. The SMILES string of the molecule is O=S(=O)(CCN1CCNCC1)N1CCC(CO)C1. The first-order chi connectivity index (χ1) is 8.62. The van der Waals surface area contributed by atoms with Crippen LogP contribution >= 0.6 is 0 Å². The first kappa shape index (κ1) is 14.2. The van der Waals surface area contributed by atoms with Crippen LogP contribution in [0.15, 0.2) is 0 Å². The molecule has 2 N–H and O–H groups in total. The first-order valence-corrected chi connectivity index (χ1v) is 8.24. The summed E-state index contributed by atoms with van der Waals surface area (Å²) in [6.07, 6.45) is 0.781. The second-order valence-corrected chi connectivity index (χ2v) is 7.19. The van der Waals surface area contributed by atoms with Crippen molar-refractivity contribution in [1.29, 1.82) is 0 Å². The van der Waals surface area contributed by atoms with Crippen molar-refractivity contribution in [3.8, 4) is 0 Å². The Morgan fingerprint density at radius 3 is 2.56 bits per heavy atom. The van der Waals surface area contributed by atoms with Gasteiger partial charge in [-0.3, -0.25) is 4.90 Å². The smallest absolute Gasteiger partial charge is 0.215 e. The molecule has 1 unspecified atom stereocenters. The molecule has 0 aromatic carbocycles. The third-order valence-electron chi connectivity index (χ3n) is 3.78. The highest BCUT2D eigenvalue weighted by molar-refractivity contribution is 7.89. The van der Waals surface area contributed by atoms with Gasteiger partial charge in [0.15, 0.2) is 0 Å². The number of piperazine rings is 1. The third-order valence-corrected chi connectivity index (χ3v) is 5.59. The third kappa shape index (κ3) is 3.64. The molecule has 0 aromatic rings. The topological polar surface area (TPSA) is 72.9 Å². The Kier molecular flexibility index (Phi) is 4.97. The van der Waals surface area contributed by atoms with Crippen LogP contribution < -0.4 is 5.32 Å². The van der Waals surface area contributed by atoms with Gasteiger partial charge in [0.2, 0.25) is 10.0 Å². The Bertz CT molecular complexity index is 355. The zero-order chi connectivity index (χ0) is 13.0. The fraction of sp³-hybridized carbons (Fsp3) is 1.00. The average Bonchev–Trinajstić information content (AvgIpc) is 2.87. The molecular formula is C11H23N3O3S. The molecule has 6 nitrogen and oxygen atoms in total. The quantitative estimate of drug-likeness (QED) is 0.642. The van der Waals surface area contributed by atoms with E-state index >= 15 is 0 Å². The standard InChI is InChI=1S/C11H23N3O3S/c15-10-11-1-4-14(9-11)18(16,17)8-7-13-5-2-12-3-6-13/h11-12,15H,1-10H2. The molecule has 0 aliphatic carbocycles. The van der Waals surface area contributed by atoms with E-state index in [0.29, 0.717) is 19.6 Å².